The van der Waals surface area contributed by atoms with Crippen LogP contribution in [0.5, 0.6) is 0 Å². The summed E-state index contributed by atoms with van der Waals surface area (Å²) in [5.41, 5.74) is 0. The van der Waals surface area contributed by atoms with Gasteiger partial charge in [0.1, 0.15) is 25.3 Å². The van der Waals surface area contributed by atoms with Crippen molar-refractivity contribution in [3.8, 4) is 0 Å². The van der Waals surface area contributed by atoms with Crippen molar-refractivity contribution in [3.05, 3.63) is 0 Å². The molecule has 0 bridgehead atoms. The Hall–Kier alpha value is 0.01000. The van der Waals surface area contributed by atoms with Gasteiger partial charge < -0.3 is 19.2 Å². The van der Waals surface area contributed by atoms with Gasteiger partial charge in [-0.05, 0) is 11.8 Å². The van der Waals surface area contributed by atoms with Gasteiger partial charge in [0.2, 0.25) is 0 Å². The highest BCUT2D eigenvalue weighted by molar-refractivity contribution is 8.05. The molecule has 0 saturated carbocycles. The van der Waals surface area contributed by atoms with E-state index in [1.165, 1.54) is 58.0 Å². The Morgan fingerprint density at radius 2 is 1.03 bits per heavy atom. The maximum absolute atomic E-state index is 10.1. The third-order valence-corrected chi connectivity index (χ3v) is 8.77. The Labute approximate surface area is 193 Å². The predicted molar refractivity (Wildman–Crippen MR) is 123 cm³/mol. The molecular formula is C16H30N6O2S5+2. The molecule has 0 amide bonds. The van der Waals surface area contributed by atoms with Crippen LogP contribution in [0.3, 0.4) is 0 Å². The lowest BCUT2D eigenvalue weighted by molar-refractivity contribution is -0.873. The molecule has 0 fully saturated rings. The summed E-state index contributed by atoms with van der Waals surface area (Å²) in [6.07, 6.45) is -0.759. The molecule has 0 spiro atoms. The van der Waals surface area contributed by atoms with E-state index in [0.29, 0.717) is 24.6 Å². The van der Waals surface area contributed by atoms with E-state index in [0.717, 1.165) is 26.3 Å². The van der Waals surface area contributed by atoms with Crippen molar-refractivity contribution in [3.63, 3.8) is 0 Å². The average molecular weight is 499 g/mol. The van der Waals surface area contributed by atoms with Crippen LogP contribution in [-0.4, -0.2) is 119 Å². The average Bonchev–Trinajstić information content (AvgIpc) is 3.17. The maximum atomic E-state index is 10.1. The van der Waals surface area contributed by atoms with Crippen molar-refractivity contribution in [2.45, 2.75) is 29.6 Å². The molecular weight excluding hydrogens is 469 g/mol. The molecule has 8 nitrogen and oxygen atoms in total. The van der Waals surface area contributed by atoms with E-state index in [9.17, 15) is 10.2 Å². The summed E-state index contributed by atoms with van der Waals surface area (Å²) in [4.78, 5) is 0. The molecule has 0 aromatic carbocycles. The molecule has 0 aliphatic heterocycles. The van der Waals surface area contributed by atoms with E-state index in [2.05, 4.69) is 62.7 Å². The molecule has 2 aromatic heterocycles. The smallest absolute Gasteiger partial charge is 0.182 e. The summed E-state index contributed by atoms with van der Waals surface area (Å²) >= 11 is 7.50. The third kappa shape index (κ3) is 10.7. The summed E-state index contributed by atoms with van der Waals surface area (Å²) in [7, 11) is 12.4. The molecule has 2 N–H and O–H groups in total. The van der Waals surface area contributed by atoms with Crippen LogP contribution in [0.15, 0.2) is 17.4 Å². The van der Waals surface area contributed by atoms with Crippen LogP contribution in [0.2, 0.25) is 0 Å². The van der Waals surface area contributed by atoms with Gasteiger partial charge in [-0.3, -0.25) is 0 Å². The fraction of sp³-hybridized carbons (Fsp3) is 0.750. The molecule has 164 valence electrons. The molecule has 2 atom stereocenters. The summed E-state index contributed by atoms with van der Waals surface area (Å²) in [5, 5.41) is 37.0. The van der Waals surface area contributed by atoms with Crippen molar-refractivity contribution < 1.29 is 19.2 Å². The van der Waals surface area contributed by atoms with Crippen molar-refractivity contribution in [2.75, 3.05) is 66.9 Å². The van der Waals surface area contributed by atoms with Gasteiger partial charge in [0, 0.05) is 11.5 Å². The van der Waals surface area contributed by atoms with Gasteiger partial charge in [0.25, 0.3) is 0 Å². The first-order valence-electron chi connectivity index (χ1n) is 8.97. The van der Waals surface area contributed by atoms with E-state index in [1.54, 1.807) is 0 Å². The maximum Gasteiger partial charge on any atom is 0.182 e. The second-order valence-corrected chi connectivity index (χ2v) is 14.6. The lowest BCUT2D eigenvalue weighted by atomic mass is 10.3. The molecule has 2 rings (SSSR count). The number of likely N-dealkylation sites (N-methyl/N-ethyl adjacent to an activating group) is 2. The number of rotatable bonds is 12. The minimum atomic E-state index is -0.379. The number of aliphatic hydroxyl groups excluding tert-OH is 2. The molecule has 13 heteroatoms. The number of nitrogens with zero attached hydrogens (tertiary/aromatic N) is 6. The second-order valence-electron chi connectivity index (χ2n) is 8.65. The van der Waals surface area contributed by atoms with Crippen LogP contribution in [-0.2, 0) is 0 Å². The highest BCUT2D eigenvalue weighted by Gasteiger charge is 2.19. The van der Waals surface area contributed by atoms with Crippen LogP contribution in [0.25, 0.3) is 0 Å². The van der Waals surface area contributed by atoms with Gasteiger partial charge in [-0.2, -0.15) is 0 Å². The Morgan fingerprint density at radius 1 is 0.690 bits per heavy atom. The number of aromatic nitrogens is 4. The van der Waals surface area contributed by atoms with Gasteiger partial charge in [0.05, 0.1) is 42.3 Å². The van der Waals surface area contributed by atoms with Gasteiger partial charge in [0.15, 0.2) is 17.4 Å². The highest BCUT2D eigenvalue weighted by atomic mass is 32.2. The zero-order valence-corrected chi connectivity index (χ0v) is 21.7. The first-order valence-corrected chi connectivity index (χ1v) is 13.4. The SMILES string of the molecule is C[N+](C)(C)CC(O)CSc1nnc(Sc2nnc(SCC(O)C[N+](C)(C)C)s2)s1. The number of hydrogen-bond acceptors (Lipinski definition) is 11. The second kappa shape index (κ2) is 11.0. The van der Waals surface area contributed by atoms with Crippen molar-refractivity contribution in [1.82, 2.24) is 20.4 Å². The molecule has 0 radical (unpaired) electrons. The summed E-state index contributed by atoms with van der Waals surface area (Å²) < 4.78 is 4.76. The fourth-order valence-corrected chi connectivity index (χ4v) is 7.50. The zero-order valence-electron chi connectivity index (χ0n) is 17.6. The molecule has 29 heavy (non-hydrogen) atoms. The minimum absolute atomic E-state index is 0.379. The van der Waals surface area contributed by atoms with Gasteiger partial charge >= 0.3 is 0 Å². The van der Waals surface area contributed by atoms with Gasteiger partial charge in [-0.25, -0.2) is 0 Å². The van der Waals surface area contributed by atoms with Crippen LogP contribution < -0.4 is 0 Å². The largest absolute Gasteiger partial charge is 0.386 e. The number of thioether (sulfide) groups is 2. The number of hydrogen-bond donors (Lipinski definition) is 2. The normalized spacial score (nSPS) is 14.9. The van der Waals surface area contributed by atoms with E-state index in [1.807, 2.05) is 0 Å². The van der Waals surface area contributed by atoms with Crippen molar-refractivity contribution in [1.29, 1.82) is 0 Å². The first kappa shape index (κ1) is 25.3. The zero-order chi connectivity index (χ0) is 21.7. The molecule has 0 saturated heterocycles. The highest BCUT2D eigenvalue weighted by Crippen LogP contribution is 2.37. The summed E-state index contributed by atoms with van der Waals surface area (Å²) in [6.45, 7) is 1.39. The van der Waals surface area contributed by atoms with Crippen molar-refractivity contribution in [2.24, 2.45) is 0 Å². The fourth-order valence-electron chi connectivity index (χ4n) is 2.37. The van der Waals surface area contributed by atoms with Gasteiger partial charge in [-0.15, -0.1) is 20.4 Å². The van der Waals surface area contributed by atoms with Gasteiger partial charge in [-0.1, -0.05) is 46.2 Å². The quantitative estimate of drug-likeness (QED) is 0.336. The van der Waals surface area contributed by atoms with Crippen LogP contribution in [0.4, 0.5) is 0 Å². The molecule has 2 unspecified atom stereocenters. The monoisotopic (exact) mass is 498 g/mol. The first-order chi connectivity index (χ1) is 13.4. The van der Waals surface area contributed by atoms with E-state index in [-0.39, 0.29) is 12.2 Å². The topological polar surface area (TPSA) is 92.0 Å². The predicted octanol–water partition coefficient (Wildman–Crippen LogP) is 1.86. The number of aliphatic hydroxyl groups is 2. The van der Waals surface area contributed by atoms with E-state index < -0.39 is 0 Å². The van der Waals surface area contributed by atoms with E-state index >= 15 is 0 Å². The minimum Gasteiger partial charge on any atom is -0.386 e. The Kier molecular flexibility index (Phi) is 9.63. The Morgan fingerprint density at radius 3 is 1.38 bits per heavy atom. The van der Waals surface area contributed by atoms with Crippen LogP contribution in [0, 0.1) is 0 Å². The molecule has 2 heterocycles. The Bertz CT molecular complexity index is 695. The lowest BCUT2D eigenvalue weighted by Gasteiger charge is -2.26. The van der Waals surface area contributed by atoms with Crippen molar-refractivity contribution >= 4 is 58.0 Å². The standard InChI is InChI=1S/C16H30N6O2S5/c1-21(2,3)7-11(23)9-25-13-17-19-15(27-13)29-16-20-18-14(28-16)26-10-12(24)8-22(4,5)6/h11-12,23-24H,7-10H2,1-6H3/q+2. The number of quaternary nitrogens is 2. The molecule has 0 aliphatic rings. The van der Waals surface area contributed by atoms with E-state index in [4.69, 9.17) is 0 Å². The summed E-state index contributed by atoms with van der Waals surface area (Å²) in [6, 6.07) is 0. The van der Waals surface area contributed by atoms with Crippen LogP contribution >= 0.6 is 58.0 Å². The molecule has 0 aliphatic carbocycles. The molecule has 2 aromatic rings. The lowest BCUT2D eigenvalue weighted by Crippen LogP contribution is -2.42. The van der Waals surface area contributed by atoms with Crippen LogP contribution in [0.1, 0.15) is 0 Å². The summed E-state index contributed by atoms with van der Waals surface area (Å²) in [5.74, 6) is 1.20. The third-order valence-electron chi connectivity index (χ3n) is 3.27. The Balaban J connectivity index is 1.78.